The van der Waals surface area contributed by atoms with Gasteiger partial charge in [-0.1, -0.05) is 29.3 Å². The van der Waals surface area contributed by atoms with Gasteiger partial charge in [0, 0.05) is 23.4 Å². The predicted molar refractivity (Wildman–Crippen MR) is 141 cm³/mol. The van der Waals surface area contributed by atoms with Crippen LogP contribution in [-0.4, -0.2) is 27.7 Å². The predicted octanol–water partition coefficient (Wildman–Crippen LogP) is 6.48. The zero-order valence-electron chi connectivity index (χ0n) is 20.8. The molecule has 1 unspecified atom stereocenters. The SMILES string of the molecule is CCn1c(C)c(-c2cc(C(=O)OC(C)C3CC3)c(Cl)cc2F)c(=O)c(C(=O)O)c1-c1ccc(C#N)c(Cl)c1. The number of halogens is 3. The minimum absolute atomic E-state index is 0.0601. The summed E-state index contributed by atoms with van der Waals surface area (Å²) in [5, 5.41) is 19.2. The Morgan fingerprint density at radius 2 is 1.92 bits per heavy atom. The van der Waals surface area contributed by atoms with Gasteiger partial charge in [-0.2, -0.15) is 5.26 Å². The molecule has 1 aromatic heterocycles. The van der Waals surface area contributed by atoms with Crippen LogP contribution in [0.1, 0.15) is 58.7 Å². The summed E-state index contributed by atoms with van der Waals surface area (Å²) in [6, 6.07) is 8.31. The van der Waals surface area contributed by atoms with E-state index in [1.54, 1.807) is 25.3 Å². The first-order valence-electron chi connectivity index (χ1n) is 11.9. The number of aromatic carboxylic acids is 1. The van der Waals surface area contributed by atoms with Crippen molar-refractivity contribution in [1.29, 1.82) is 5.26 Å². The average Bonchev–Trinajstić information content (AvgIpc) is 3.70. The fraction of sp³-hybridized carbons (Fsp3) is 0.286. The second kappa shape index (κ2) is 10.6. The van der Waals surface area contributed by atoms with E-state index >= 15 is 4.39 Å². The van der Waals surface area contributed by atoms with Crippen LogP contribution >= 0.6 is 23.2 Å². The highest BCUT2D eigenvalue weighted by Crippen LogP contribution is 2.36. The first kappa shape index (κ1) is 27.4. The fourth-order valence-corrected chi connectivity index (χ4v) is 5.04. The van der Waals surface area contributed by atoms with Crippen molar-refractivity contribution >= 4 is 35.1 Å². The lowest BCUT2D eigenvalue weighted by atomic mass is 9.94. The van der Waals surface area contributed by atoms with Crippen molar-refractivity contribution in [2.75, 3.05) is 0 Å². The molecule has 1 heterocycles. The molecule has 0 aliphatic heterocycles. The Labute approximate surface area is 228 Å². The molecular weight excluding hydrogens is 534 g/mol. The lowest BCUT2D eigenvalue weighted by Gasteiger charge is -2.22. The largest absolute Gasteiger partial charge is 0.477 e. The molecule has 1 fully saturated rings. The number of esters is 1. The first-order chi connectivity index (χ1) is 18.0. The van der Waals surface area contributed by atoms with Gasteiger partial charge in [-0.05, 0) is 63.8 Å². The number of carboxylic acids is 1. The molecule has 1 atom stereocenters. The molecule has 196 valence electrons. The van der Waals surface area contributed by atoms with E-state index in [1.165, 1.54) is 18.2 Å². The molecule has 3 aromatic rings. The average molecular weight is 557 g/mol. The third kappa shape index (κ3) is 4.92. The molecule has 0 radical (unpaired) electrons. The maximum Gasteiger partial charge on any atom is 0.341 e. The van der Waals surface area contributed by atoms with Crippen LogP contribution in [0.25, 0.3) is 22.4 Å². The van der Waals surface area contributed by atoms with E-state index in [2.05, 4.69) is 0 Å². The summed E-state index contributed by atoms with van der Waals surface area (Å²) in [6.07, 6.45) is 1.55. The summed E-state index contributed by atoms with van der Waals surface area (Å²) in [4.78, 5) is 39.0. The molecular formula is C28H23Cl2FN2O5. The first-order valence-corrected chi connectivity index (χ1v) is 12.7. The summed E-state index contributed by atoms with van der Waals surface area (Å²) < 4.78 is 22.3. The number of rotatable bonds is 7. The number of hydrogen-bond acceptors (Lipinski definition) is 5. The van der Waals surface area contributed by atoms with Gasteiger partial charge in [-0.15, -0.1) is 0 Å². The molecule has 1 saturated carbocycles. The van der Waals surface area contributed by atoms with Gasteiger partial charge in [-0.3, -0.25) is 4.79 Å². The molecule has 10 heteroatoms. The Kier molecular flexibility index (Phi) is 7.63. The molecule has 1 aliphatic rings. The van der Waals surface area contributed by atoms with Crippen molar-refractivity contribution in [2.45, 2.75) is 46.3 Å². The lowest BCUT2D eigenvalue weighted by molar-refractivity contribution is 0.0294. The van der Waals surface area contributed by atoms with Crippen molar-refractivity contribution in [3.05, 3.63) is 78.8 Å². The van der Waals surface area contributed by atoms with Crippen molar-refractivity contribution in [3.63, 3.8) is 0 Å². The number of pyridine rings is 1. The monoisotopic (exact) mass is 556 g/mol. The summed E-state index contributed by atoms with van der Waals surface area (Å²) in [5.41, 5.74) is -1.34. The van der Waals surface area contributed by atoms with E-state index in [0.29, 0.717) is 5.56 Å². The van der Waals surface area contributed by atoms with Gasteiger partial charge in [0.25, 0.3) is 0 Å². The molecule has 1 N–H and O–H groups in total. The summed E-state index contributed by atoms with van der Waals surface area (Å²) >= 11 is 12.4. The number of nitriles is 1. The Balaban J connectivity index is 1.97. The number of ether oxygens (including phenoxy) is 1. The highest BCUT2D eigenvalue weighted by Gasteiger charge is 2.32. The van der Waals surface area contributed by atoms with Gasteiger partial charge >= 0.3 is 11.9 Å². The number of carboxylic acid groups (broad SMARTS) is 1. The van der Waals surface area contributed by atoms with Gasteiger partial charge in [0.15, 0.2) is 0 Å². The molecule has 0 spiro atoms. The van der Waals surface area contributed by atoms with Crippen LogP contribution in [0.4, 0.5) is 4.39 Å². The zero-order valence-corrected chi connectivity index (χ0v) is 22.3. The van der Waals surface area contributed by atoms with Crippen LogP contribution in [0.3, 0.4) is 0 Å². The van der Waals surface area contributed by atoms with Crippen LogP contribution < -0.4 is 5.43 Å². The molecule has 1 aliphatic carbocycles. The number of carbonyl (C=O) groups is 2. The van der Waals surface area contributed by atoms with E-state index in [1.807, 2.05) is 6.07 Å². The number of carbonyl (C=O) groups excluding carboxylic acids is 1. The highest BCUT2D eigenvalue weighted by atomic mass is 35.5. The third-order valence-electron chi connectivity index (χ3n) is 6.75. The van der Waals surface area contributed by atoms with E-state index in [4.69, 9.17) is 27.9 Å². The van der Waals surface area contributed by atoms with Crippen molar-refractivity contribution in [1.82, 2.24) is 4.57 Å². The van der Waals surface area contributed by atoms with E-state index in [9.17, 15) is 24.8 Å². The molecule has 4 rings (SSSR count). The second-order valence-electron chi connectivity index (χ2n) is 9.13. The summed E-state index contributed by atoms with van der Waals surface area (Å²) in [6.45, 7) is 5.28. The molecule has 0 amide bonds. The highest BCUT2D eigenvalue weighted by molar-refractivity contribution is 6.33. The maximum atomic E-state index is 15.3. The second-order valence-corrected chi connectivity index (χ2v) is 9.94. The Bertz CT molecular complexity index is 1590. The molecule has 7 nitrogen and oxygen atoms in total. The standard InChI is InChI=1S/C28H23Cl2FN2O5/c1-4-33-13(2)23(19-10-18(21(30)11-22(19)31)28(37)38-14(3)15-5-6-15)26(34)24(27(35)36)25(33)16-7-8-17(12-32)20(29)9-16/h7-11,14-15H,4-6H2,1-3H3,(H,35,36). The topological polar surface area (TPSA) is 109 Å². The van der Waals surface area contributed by atoms with Crippen molar-refractivity contribution in [2.24, 2.45) is 5.92 Å². The van der Waals surface area contributed by atoms with Crippen molar-refractivity contribution in [3.8, 4) is 28.5 Å². The maximum absolute atomic E-state index is 15.3. The summed E-state index contributed by atoms with van der Waals surface area (Å²) in [7, 11) is 0. The zero-order chi connectivity index (χ0) is 27.9. The Morgan fingerprint density at radius 3 is 2.47 bits per heavy atom. The van der Waals surface area contributed by atoms with Gasteiger partial charge < -0.3 is 14.4 Å². The third-order valence-corrected chi connectivity index (χ3v) is 7.37. The van der Waals surface area contributed by atoms with Gasteiger partial charge in [0.1, 0.15) is 23.6 Å². The van der Waals surface area contributed by atoms with E-state index in [-0.39, 0.29) is 62.3 Å². The Hall–Kier alpha value is -3.67. The number of nitrogens with zero attached hydrogens (tertiary/aromatic N) is 2. The van der Waals surface area contributed by atoms with E-state index in [0.717, 1.165) is 25.0 Å². The van der Waals surface area contributed by atoms with Gasteiger partial charge in [-0.25, -0.2) is 14.0 Å². The number of hydrogen-bond donors (Lipinski definition) is 1. The van der Waals surface area contributed by atoms with Crippen LogP contribution in [0.5, 0.6) is 0 Å². The quantitative estimate of drug-likeness (QED) is 0.333. The minimum atomic E-state index is -1.53. The molecule has 2 aromatic carbocycles. The molecule has 38 heavy (non-hydrogen) atoms. The van der Waals surface area contributed by atoms with E-state index < -0.39 is 28.7 Å². The number of benzene rings is 2. The lowest BCUT2D eigenvalue weighted by Crippen LogP contribution is -2.25. The van der Waals surface area contributed by atoms with Crippen molar-refractivity contribution < 1.29 is 23.8 Å². The molecule has 0 saturated heterocycles. The minimum Gasteiger partial charge on any atom is -0.477 e. The molecule has 0 bridgehead atoms. The van der Waals surface area contributed by atoms with Gasteiger partial charge in [0.2, 0.25) is 5.43 Å². The van der Waals surface area contributed by atoms with Crippen LogP contribution in [-0.2, 0) is 11.3 Å². The van der Waals surface area contributed by atoms with Gasteiger partial charge in [0.05, 0.1) is 32.4 Å². The normalized spacial score (nSPS) is 13.6. The fourth-order valence-electron chi connectivity index (χ4n) is 4.59. The smallest absolute Gasteiger partial charge is 0.341 e. The number of aromatic nitrogens is 1. The van der Waals surface area contributed by atoms with Crippen LogP contribution in [0.15, 0.2) is 35.1 Å². The summed E-state index contributed by atoms with van der Waals surface area (Å²) in [5.74, 6) is -2.92. The van der Waals surface area contributed by atoms with Crippen LogP contribution in [0.2, 0.25) is 10.0 Å². The van der Waals surface area contributed by atoms with Crippen LogP contribution in [0, 0.1) is 30.0 Å². The Morgan fingerprint density at radius 1 is 1.24 bits per heavy atom.